The second-order valence-electron chi connectivity index (χ2n) is 9.83. The third-order valence-corrected chi connectivity index (χ3v) is 6.20. The van der Waals surface area contributed by atoms with Crippen LogP contribution in [0, 0.1) is 11.6 Å². The number of anilines is 2. The van der Waals surface area contributed by atoms with E-state index >= 15 is 0 Å². The van der Waals surface area contributed by atoms with E-state index in [4.69, 9.17) is 5.10 Å². The lowest BCUT2D eigenvalue weighted by molar-refractivity contribution is 0.102. The first-order chi connectivity index (χ1) is 17.1. The molecule has 0 atom stereocenters. The fourth-order valence-corrected chi connectivity index (χ4v) is 4.38. The lowest BCUT2D eigenvalue weighted by Gasteiger charge is -2.22. The van der Waals surface area contributed by atoms with Gasteiger partial charge in [-0.05, 0) is 63.9 Å². The zero-order valence-electron chi connectivity index (χ0n) is 20.3. The molecule has 36 heavy (non-hydrogen) atoms. The third kappa shape index (κ3) is 4.23. The second-order valence-corrected chi connectivity index (χ2v) is 9.83. The third-order valence-electron chi connectivity index (χ3n) is 6.20. The highest BCUT2D eigenvalue weighted by Gasteiger charge is 2.24. The van der Waals surface area contributed by atoms with Crippen LogP contribution in [0.15, 0.2) is 53.5 Å². The van der Waals surface area contributed by atoms with E-state index in [0.29, 0.717) is 10.4 Å². The molecule has 0 saturated carbocycles. The first-order valence-electron chi connectivity index (χ1n) is 11.8. The maximum Gasteiger partial charge on any atom is 0.276 e. The van der Waals surface area contributed by atoms with E-state index in [1.807, 2.05) is 16.9 Å². The van der Waals surface area contributed by atoms with E-state index < -0.39 is 28.8 Å². The van der Waals surface area contributed by atoms with Crippen LogP contribution in [-0.4, -0.2) is 38.6 Å². The van der Waals surface area contributed by atoms with Crippen molar-refractivity contribution < 1.29 is 13.6 Å². The molecule has 0 spiro atoms. The molecule has 0 unspecified atom stereocenters. The van der Waals surface area contributed by atoms with E-state index in [0.717, 1.165) is 60.7 Å². The zero-order valence-corrected chi connectivity index (χ0v) is 20.3. The number of amides is 1. The number of halogens is 2. The summed E-state index contributed by atoms with van der Waals surface area (Å²) in [5.74, 6) is -2.52. The molecule has 5 rings (SSSR count). The van der Waals surface area contributed by atoms with Crippen LogP contribution in [0.3, 0.4) is 0 Å². The summed E-state index contributed by atoms with van der Waals surface area (Å²) in [6.07, 6.45) is 4.06. The van der Waals surface area contributed by atoms with Crippen LogP contribution >= 0.6 is 0 Å². The van der Waals surface area contributed by atoms with Crippen molar-refractivity contribution in [1.29, 1.82) is 0 Å². The summed E-state index contributed by atoms with van der Waals surface area (Å²) in [5.41, 5.74) is 0.475. The number of aromatic nitrogens is 4. The molecule has 10 heteroatoms. The van der Waals surface area contributed by atoms with Gasteiger partial charge in [-0.3, -0.25) is 14.3 Å². The summed E-state index contributed by atoms with van der Waals surface area (Å²) >= 11 is 0. The minimum atomic E-state index is -0.959. The maximum absolute atomic E-state index is 14.3. The second kappa shape index (κ2) is 8.85. The average molecular weight is 493 g/mol. The number of benzene rings is 2. The molecule has 4 aromatic rings. The van der Waals surface area contributed by atoms with Crippen molar-refractivity contribution in [2.75, 3.05) is 23.3 Å². The van der Waals surface area contributed by atoms with Gasteiger partial charge in [0.15, 0.2) is 11.6 Å². The quantitative estimate of drug-likeness (QED) is 0.455. The van der Waals surface area contributed by atoms with E-state index in [1.165, 1.54) is 12.1 Å². The van der Waals surface area contributed by atoms with Crippen molar-refractivity contribution >= 4 is 28.2 Å². The van der Waals surface area contributed by atoms with Gasteiger partial charge in [0, 0.05) is 30.7 Å². The van der Waals surface area contributed by atoms with Gasteiger partial charge >= 0.3 is 0 Å². The van der Waals surface area contributed by atoms with Crippen LogP contribution in [-0.2, 0) is 5.54 Å². The molecule has 1 amide bonds. The van der Waals surface area contributed by atoms with Crippen LogP contribution in [0.4, 0.5) is 20.2 Å². The van der Waals surface area contributed by atoms with Crippen molar-refractivity contribution in [3.8, 4) is 5.69 Å². The van der Waals surface area contributed by atoms with Crippen LogP contribution in [0.1, 0.15) is 44.1 Å². The highest BCUT2D eigenvalue weighted by atomic mass is 19.1. The molecule has 1 aliphatic rings. The van der Waals surface area contributed by atoms with Crippen LogP contribution < -0.4 is 15.8 Å². The van der Waals surface area contributed by atoms with Gasteiger partial charge in [-0.2, -0.15) is 14.9 Å². The van der Waals surface area contributed by atoms with Gasteiger partial charge in [-0.25, -0.2) is 8.78 Å². The Morgan fingerprint density at radius 3 is 2.31 bits per heavy atom. The maximum atomic E-state index is 14.3. The summed E-state index contributed by atoms with van der Waals surface area (Å²) in [5, 5.41) is 12.5. The van der Waals surface area contributed by atoms with Gasteiger partial charge in [0.1, 0.15) is 11.4 Å². The number of nitrogens with one attached hydrogen (secondary N) is 1. The molecule has 0 bridgehead atoms. The molecule has 1 aliphatic heterocycles. The summed E-state index contributed by atoms with van der Waals surface area (Å²) in [7, 11) is 0. The van der Waals surface area contributed by atoms with E-state index in [2.05, 4.69) is 36.1 Å². The number of nitrogens with zero attached hydrogens (tertiary/aromatic N) is 5. The largest absolute Gasteiger partial charge is 0.369 e. The summed E-state index contributed by atoms with van der Waals surface area (Å²) in [6, 6.07) is 9.16. The summed E-state index contributed by atoms with van der Waals surface area (Å²) in [6.45, 7) is 7.89. The standard InChI is InChI=1S/C26H26F2N6O2/c1-26(2,3)33-15-16-19(30-33)9-10-20(23(16)32-13-4-5-14-32)29-25(36)21-11-12-22(35)34(31-21)24-17(27)7-6-8-18(24)28/h6-12,15H,4-5,13-14H2,1-3H3,(H,29,36). The molecule has 3 heterocycles. The normalized spacial score (nSPS) is 14.0. The SMILES string of the molecule is CC(C)(C)n1cc2c(N3CCCC3)c(NC(=O)c3ccc(=O)n(-c4c(F)cccc4F)n3)ccc2n1. The number of hydrogen-bond acceptors (Lipinski definition) is 5. The number of carbonyl (C=O) groups excluding carboxylic acids is 1. The Morgan fingerprint density at radius 2 is 1.64 bits per heavy atom. The number of para-hydroxylation sites is 1. The molecule has 0 aliphatic carbocycles. The monoisotopic (exact) mass is 492 g/mol. The van der Waals surface area contributed by atoms with Gasteiger partial charge in [0.05, 0.1) is 22.4 Å². The Bertz CT molecular complexity index is 1510. The van der Waals surface area contributed by atoms with E-state index in [1.54, 1.807) is 6.07 Å². The van der Waals surface area contributed by atoms with Gasteiger partial charge in [0.2, 0.25) is 0 Å². The van der Waals surface area contributed by atoms with Crippen molar-refractivity contribution in [2.24, 2.45) is 0 Å². The molecule has 8 nitrogen and oxygen atoms in total. The van der Waals surface area contributed by atoms with Gasteiger partial charge in [-0.1, -0.05) is 6.07 Å². The van der Waals surface area contributed by atoms with Crippen LogP contribution in [0.2, 0.25) is 0 Å². The zero-order chi connectivity index (χ0) is 25.6. The predicted octanol–water partition coefficient (Wildman–Crippen LogP) is 4.47. The first kappa shape index (κ1) is 23.7. The molecule has 2 aromatic carbocycles. The minimum Gasteiger partial charge on any atom is -0.369 e. The lowest BCUT2D eigenvalue weighted by atomic mass is 10.1. The Balaban J connectivity index is 1.56. The predicted molar refractivity (Wildman–Crippen MR) is 134 cm³/mol. The molecule has 1 fully saturated rings. The van der Waals surface area contributed by atoms with Gasteiger partial charge < -0.3 is 10.2 Å². The smallest absolute Gasteiger partial charge is 0.276 e. The lowest BCUT2D eigenvalue weighted by Crippen LogP contribution is -2.27. The highest BCUT2D eigenvalue weighted by molar-refractivity contribution is 6.08. The van der Waals surface area contributed by atoms with Crippen molar-refractivity contribution in [1.82, 2.24) is 19.6 Å². The fourth-order valence-electron chi connectivity index (χ4n) is 4.38. The molecule has 186 valence electrons. The van der Waals surface area contributed by atoms with Crippen LogP contribution in [0.5, 0.6) is 0 Å². The summed E-state index contributed by atoms with van der Waals surface area (Å²) < 4.78 is 31.1. The van der Waals surface area contributed by atoms with E-state index in [-0.39, 0.29) is 11.2 Å². The Labute approximate surface area is 206 Å². The molecule has 2 aromatic heterocycles. The number of carbonyl (C=O) groups is 1. The first-order valence-corrected chi connectivity index (χ1v) is 11.8. The molecular weight excluding hydrogens is 466 g/mol. The number of hydrogen-bond donors (Lipinski definition) is 1. The van der Waals surface area contributed by atoms with Gasteiger partial charge in [0.25, 0.3) is 11.5 Å². The fraction of sp³-hybridized carbons (Fsp3) is 0.308. The number of fused-ring (bicyclic) bond motifs is 1. The van der Waals surface area contributed by atoms with Crippen LogP contribution in [0.25, 0.3) is 16.6 Å². The summed E-state index contributed by atoms with van der Waals surface area (Å²) in [4.78, 5) is 27.8. The minimum absolute atomic E-state index is 0.157. The Kier molecular flexibility index (Phi) is 5.82. The van der Waals surface area contributed by atoms with Crippen molar-refractivity contribution in [3.63, 3.8) is 0 Å². The van der Waals surface area contributed by atoms with Crippen molar-refractivity contribution in [2.45, 2.75) is 39.2 Å². The number of rotatable bonds is 4. The molecule has 1 N–H and O–H groups in total. The van der Waals surface area contributed by atoms with Crippen molar-refractivity contribution in [3.05, 3.63) is 76.3 Å². The topological polar surface area (TPSA) is 85.0 Å². The Hall–Kier alpha value is -4.08. The van der Waals surface area contributed by atoms with E-state index in [9.17, 15) is 18.4 Å². The highest BCUT2D eigenvalue weighted by Crippen LogP contribution is 2.37. The van der Waals surface area contributed by atoms with Gasteiger partial charge in [-0.15, -0.1) is 0 Å². The molecule has 1 saturated heterocycles. The molecular formula is C26H26F2N6O2. The molecule has 0 radical (unpaired) electrons. The average Bonchev–Trinajstić information content (AvgIpc) is 3.50. The Morgan fingerprint density at radius 1 is 0.944 bits per heavy atom.